The smallest absolute Gasteiger partial charge is 0.319 e. The van der Waals surface area contributed by atoms with Gasteiger partial charge in [0.25, 0.3) is 0 Å². The molecule has 0 aliphatic carbocycles. The molecule has 186 valence electrons. The number of amides is 2. The highest BCUT2D eigenvalue weighted by Crippen LogP contribution is 2.27. The van der Waals surface area contributed by atoms with Crippen LogP contribution in [0.5, 0.6) is 0 Å². The Balaban J connectivity index is 0.00000361. The average Bonchev–Trinajstić information content (AvgIpc) is 2.87. The molecule has 0 radical (unpaired) electrons. The van der Waals surface area contributed by atoms with Crippen LogP contribution in [-0.2, 0) is 17.5 Å². The van der Waals surface area contributed by atoms with E-state index in [9.17, 15) is 22.2 Å². The SMILES string of the molecule is O.O=C(NCc1cc(F)c(F)cc1F)Nc1ccc(NS(=O)c2ccccc2-c2ccccc2)cc1. The Labute approximate surface area is 208 Å². The first-order valence-electron chi connectivity index (χ1n) is 10.5. The summed E-state index contributed by atoms with van der Waals surface area (Å²) in [5.41, 5.74) is 2.62. The van der Waals surface area contributed by atoms with E-state index >= 15 is 0 Å². The molecular weight excluding hydrogens is 491 g/mol. The third-order valence-electron chi connectivity index (χ3n) is 5.05. The van der Waals surface area contributed by atoms with Gasteiger partial charge >= 0.3 is 6.03 Å². The van der Waals surface area contributed by atoms with E-state index in [0.717, 1.165) is 11.1 Å². The largest absolute Gasteiger partial charge is 0.412 e. The van der Waals surface area contributed by atoms with Crippen molar-refractivity contribution in [2.24, 2.45) is 0 Å². The van der Waals surface area contributed by atoms with E-state index in [2.05, 4.69) is 15.4 Å². The van der Waals surface area contributed by atoms with E-state index in [4.69, 9.17) is 0 Å². The fraction of sp³-hybridized carbons (Fsp3) is 0.0385. The molecule has 0 fully saturated rings. The summed E-state index contributed by atoms with van der Waals surface area (Å²) in [5.74, 6) is -3.45. The van der Waals surface area contributed by atoms with Gasteiger partial charge in [0.05, 0.1) is 4.90 Å². The monoisotopic (exact) mass is 513 g/mol. The maximum absolute atomic E-state index is 13.7. The maximum Gasteiger partial charge on any atom is 0.319 e. The summed E-state index contributed by atoms with van der Waals surface area (Å²) in [5, 5.41) is 4.94. The van der Waals surface area contributed by atoms with Gasteiger partial charge in [-0.1, -0.05) is 48.5 Å². The lowest BCUT2D eigenvalue weighted by Crippen LogP contribution is -2.28. The van der Waals surface area contributed by atoms with Crippen LogP contribution in [0.2, 0.25) is 0 Å². The Hall–Kier alpha value is -4.15. The summed E-state index contributed by atoms with van der Waals surface area (Å²) in [6.07, 6.45) is 0. The van der Waals surface area contributed by atoms with E-state index in [1.165, 1.54) is 0 Å². The fourth-order valence-corrected chi connectivity index (χ4v) is 4.37. The van der Waals surface area contributed by atoms with Crippen molar-refractivity contribution in [1.29, 1.82) is 0 Å². The molecule has 1 unspecified atom stereocenters. The molecule has 0 saturated heterocycles. The molecule has 36 heavy (non-hydrogen) atoms. The molecule has 0 aliphatic rings. The molecule has 0 heterocycles. The topological polar surface area (TPSA) is 102 Å². The lowest BCUT2D eigenvalue weighted by molar-refractivity contribution is 0.251. The minimum atomic E-state index is -1.54. The predicted octanol–water partition coefficient (Wildman–Crippen LogP) is 5.40. The van der Waals surface area contributed by atoms with Crippen molar-refractivity contribution in [3.05, 3.63) is 114 Å². The van der Waals surface area contributed by atoms with Gasteiger partial charge in [-0.3, -0.25) is 0 Å². The van der Waals surface area contributed by atoms with Gasteiger partial charge < -0.3 is 20.8 Å². The lowest BCUT2D eigenvalue weighted by Gasteiger charge is -2.12. The summed E-state index contributed by atoms with van der Waals surface area (Å²) in [7, 11) is -1.54. The van der Waals surface area contributed by atoms with Gasteiger partial charge in [-0.2, -0.15) is 0 Å². The predicted molar refractivity (Wildman–Crippen MR) is 134 cm³/mol. The minimum Gasteiger partial charge on any atom is -0.412 e. The van der Waals surface area contributed by atoms with Crippen LogP contribution in [0.4, 0.5) is 29.3 Å². The van der Waals surface area contributed by atoms with E-state index < -0.39 is 34.5 Å². The highest BCUT2D eigenvalue weighted by molar-refractivity contribution is 7.86. The van der Waals surface area contributed by atoms with Gasteiger partial charge in [0.1, 0.15) is 5.82 Å². The van der Waals surface area contributed by atoms with Crippen LogP contribution in [0.3, 0.4) is 0 Å². The number of urea groups is 1. The first-order chi connectivity index (χ1) is 16.9. The summed E-state index contributed by atoms with van der Waals surface area (Å²) >= 11 is 0. The average molecular weight is 514 g/mol. The van der Waals surface area contributed by atoms with Crippen molar-refractivity contribution >= 4 is 28.4 Å². The number of hydrogen-bond acceptors (Lipinski definition) is 2. The van der Waals surface area contributed by atoms with Gasteiger partial charge in [-0.05, 0) is 47.5 Å². The zero-order chi connectivity index (χ0) is 24.8. The van der Waals surface area contributed by atoms with Crippen LogP contribution >= 0.6 is 0 Å². The quantitative estimate of drug-likeness (QED) is 0.288. The molecule has 4 aromatic carbocycles. The molecule has 1 atom stereocenters. The van der Waals surface area contributed by atoms with Crippen molar-refractivity contribution in [2.45, 2.75) is 11.4 Å². The number of hydrogen-bond donors (Lipinski definition) is 3. The Morgan fingerprint density at radius 2 is 1.36 bits per heavy atom. The fourth-order valence-electron chi connectivity index (χ4n) is 3.32. The number of anilines is 2. The molecule has 6 nitrogen and oxygen atoms in total. The minimum absolute atomic E-state index is 0. The molecule has 0 saturated carbocycles. The normalized spacial score (nSPS) is 11.2. The summed E-state index contributed by atoms with van der Waals surface area (Å²) in [6, 6.07) is 24.0. The van der Waals surface area contributed by atoms with Crippen molar-refractivity contribution < 1.29 is 27.7 Å². The standard InChI is InChI=1S/C26H20F3N3O2S.H2O/c27-22-15-24(29)23(28)14-18(22)16-30-26(33)31-19-10-12-20(13-11-19)32-35(34)25-9-5-4-8-21(25)17-6-2-1-3-7-17;/h1-15,32H,16H2,(H2,30,31,33);1H2. The van der Waals surface area contributed by atoms with Crippen LogP contribution < -0.4 is 15.4 Å². The van der Waals surface area contributed by atoms with Crippen molar-refractivity contribution in [3.63, 3.8) is 0 Å². The number of halogens is 3. The van der Waals surface area contributed by atoms with Gasteiger partial charge in [0.2, 0.25) is 0 Å². The van der Waals surface area contributed by atoms with Gasteiger partial charge in [0.15, 0.2) is 22.6 Å². The van der Waals surface area contributed by atoms with Crippen molar-refractivity contribution in [3.8, 4) is 11.1 Å². The second-order valence-corrected chi connectivity index (χ2v) is 8.66. The number of benzene rings is 4. The molecule has 0 aromatic heterocycles. The van der Waals surface area contributed by atoms with Crippen LogP contribution in [-0.4, -0.2) is 15.7 Å². The van der Waals surface area contributed by atoms with Crippen LogP contribution in [0.15, 0.2) is 95.9 Å². The number of rotatable bonds is 7. The van der Waals surface area contributed by atoms with E-state index in [-0.39, 0.29) is 17.6 Å². The Morgan fingerprint density at radius 1 is 0.750 bits per heavy atom. The molecule has 4 rings (SSSR count). The highest BCUT2D eigenvalue weighted by Gasteiger charge is 2.13. The van der Waals surface area contributed by atoms with E-state index in [1.807, 2.05) is 48.5 Å². The van der Waals surface area contributed by atoms with Crippen LogP contribution in [0, 0.1) is 17.5 Å². The molecule has 0 spiro atoms. The number of carbonyl (C=O) groups is 1. The lowest BCUT2D eigenvalue weighted by atomic mass is 10.1. The molecule has 0 bridgehead atoms. The zero-order valence-corrected chi connectivity index (χ0v) is 19.5. The Kier molecular flexibility index (Phi) is 8.82. The third kappa shape index (κ3) is 6.49. The van der Waals surface area contributed by atoms with Gasteiger partial charge in [0, 0.05) is 29.5 Å². The molecule has 2 amide bonds. The maximum atomic E-state index is 13.7. The second kappa shape index (κ2) is 12.0. The third-order valence-corrected chi connectivity index (χ3v) is 6.23. The summed E-state index contributed by atoms with van der Waals surface area (Å²) in [6.45, 7) is -0.325. The molecular formula is C26H22F3N3O3S. The van der Waals surface area contributed by atoms with Gasteiger partial charge in [-0.15, -0.1) is 0 Å². The molecule has 10 heteroatoms. The second-order valence-electron chi connectivity index (χ2n) is 7.48. The number of nitrogens with one attached hydrogen (secondary N) is 3. The zero-order valence-electron chi connectivity index (χ0n) is 18.7. The molecule has 0 aliphatic heterocycles. The van der Waals surface area contributed by atoms with E-state index in [0.29, 0.717) is 28.4 Å². The van der Waals surface area contributed by atoms with E-state index in [1.54, 1.807) is 30.3 Å². The summed E-state index contributed by atoms with van der Waals surface area (Å²) in [4.78, 5) is 12.7. The van der Waals surface area contributed by atoms with Crippen molar-refractivity contribution in [2.75, 3.05) is 10.0 Å². The van der Waals surface area contributed by atoms with Crippen LogP contribution in [0.1, 0.15) is 5.56 Å². The summed E-state index contributed by atoms with van der Waals surface area (Å²) < 4.78 is 55.9. The van der Waals surface area contributed by atoms with Crippen molar-refractivity contribution in [1.82, 2.24) is 5.32 Å². The van der Waals surface area contributed by atoms with Gasteiger partial charge in [-0.25, -0.2) is 22.2 Å². The molecule has 5 N–H and O–H groups in total. The Bertz CT molecular complexity index is 1370. The number of carbonyl (C=O) groups excluding carboxylic acids is 1. The highest BCUT2D eigenvalue weighted by atomic mass is 32.2. The first kappa shape index (κ1) is 26.5. The Morgan fingerprint density at radius 3 is 2.08 bits per heavy atom. The van der Waals surface area contributed by atoms with Crippen LogP contribution in [0.25, 0.3) is 11.1 Å². The first-order valence-corrected chi connectivity index (χ1v) is 11.7. The molecule has 4 aromatic rings.